The van der Waals surface area contributed by atoms with E-state index in [0.717, 1.165) is 5.92 Å². The molecule has 0 radical (unpaired) electrons. The van der Waals surface area contributed by atoms with Gasteiger partial charge in [-0.25, -0.2) is 0 Å². The van der Waals surface area contributed by atoms with E-state index in [2.05, 4.69) is 34.9 Å². The highest BCUT2D eigenvalue weighted by molar-refractivity contribution is 4.54. The summed E-state index contributed by atoms with van der Waals surface area (Å²) >= 11 is 0. The summed E-state index contributed by atoms with van der Waals surface area (Å²) in [5, 5.41) is 0. The van der Waals surface area contributed by atoms with Crippen molar-refractivity contribution in [1.82, 2.24) is 0 Å². The van der Waals surface area contributed by atoms with Crippen molar-refractivity contribution in [1.29, 1.82) is 0 Å². The second-order valence-corrected chi connectivity index (χ2v) is 4.50. The van der Waals surface area contributed by atoms with Gasteiger partial charge in [0.05, 0.1) is 27.2 Å². The highest BCUT2D eigenvalue weighted by Crippen LogP contribution is 2.14. The SMILES string of the molecule is CCCC(CC)C[N+](C)(C)CC. The summed E-state index contributed by atoms with van der Waals surface area (Å²) in [6.45, 7) is 9.48. The van der Waals surface area contributed by atoms with Gasteiger partial charge < -0.3 is 4.48 Å². The molecule has 0 N–H and O–H groups in total. The molecule has 0 rings (SSSR count). The molecule has 0 saturated heterocycles. The predicted molar refractivity (Wildman–Crippen MR) is 56.2 cm³/mol. The fourth-order valence-corrected chi connectivity index (χ4v) is 1.66. The zero-order valence-electron chi connectivity index (χ0n) is 9.56. The molecular formula is C11H26N+. The molecule has 0 bridgehead atoms. The molecule has 0 aromatic heterocycles. The van der Waals surface area contributed by atoms with E-state index in [1.807, 2.05) is 0 Å². The molecule has 0 spiro atoms. The summed E-state index contributed by atoms with van der Waals surface area (Å²) in [7, 11) is 4.66. The fraction of sp³-hybridized carbons (Fsp3) is 1.00. The van der Waals surface area contributed by atoms with E-state index in [0.29, 0.717) is 0 Å². The van der Waals surface area contributed by atoms with Gasteiger partial charge in [0.2, 0.25) is 0 Å². The zero-order valence-corrected chi connectivity index (χ0v) is 9.56. The summed E-state index contributed by atoms with van der Waals surface area (Å²) in [5.41, 5.74) is 0. The van der Waals surface area contributed by atoms with Gasteiger partial charge in [0.1, 0.15) is 0 Å². The van der Waals surface area contributed by atoms with Crippen LogP contribution in [0.15, 0.2) is 0 Å². The third-order valence-corrected chi connectivity index (χ3v) is 2.88. The first-order valence-corrected chi connectivity index (χ1v) is 5.37. The van der Waals surface area contributed by atoms with E-state index in [-0.39, 0.29) is 0 Å². The average molecular weight is 172 g/mol. The Hall–Kier alpha value is -0.0400. The first-order chi connectivity index (χ1) is 5.55. The molecule has 1 unspecified atom stereocenters. The Labute approximate surface area is 78.4 Å². The van der Waals surface area contributed by atoms with Crippen LogP contribution in [-0.4, -0.2) is 31.7 Å². The number of hydrogen-bond donors (Lipinski definition) is 0. The molecule has 1 atom stereocenters. The first kappa shape index (κ1) is 12.0. The molecule has 0 aromatic carbocycles. The molecule has 0 aliphatic heterocycles. The van der Waals surface area contributed by atoms with Gasteiger partial charge >= 0.3 is 0 Å². The lowest BCUT2D eigenvalue weighted by molar-refractivity contribution is -0.892. The van der Waals surface area contributed by atoms with Gasteiger partial charge in [-0.1, -0.05) is 20.3 Å². The summed E-state index contributed by atoms with van der Waals surface area (Å²) in [6.07, 6.45) is 4.08. The van der Waals surface area contributed by atoms with Gasteiger partial charge in [-0.3, -0.25) is 0 Å². The minimum atomic E-state index is 0.935. The molecule has 1 nitrogen and oxygen atoms in total. The molecule has 74 valence electrons. The Kier molecular flexibility index (Phi) is 5.56. The van der Waals surface area contributed by atoms with Crippen LogP contribution in [0.1, 0.15) is 40.0 Å². The topological polar surface area (TPSA) is 0 Å². The van der Waals surface area contributed by atoms with Crippen LogP contribution in [0.5, 0.6) is 0 Å². The molecule has 12 heavy (non-hydrogen) atoms. The molecule has 0 heterocycles. The van der Waals surface area contributed by atoms with Gasteiger partial charge in [-0.2, -0.15) is 0 Å². The standard InChI is InChI=1S/C11H26N/c1-6-9-11(7-2)10-12(4,5)8-3/h11H,6-10H2,1-5H3/q+1. The number of hydrogen-bond acceptors (Lipinski definition) is 0. The van der Waals surface area contributed by atoms with Crippen molar-refractivity contribution in [2.45, 2.75) is 40.0 Å². The lowest BCUT2D eigenvalue weighted by Gasteiger charge is -2.32. The van der Waals surface area contributed by atoms with Crippen molar-refractivity contribution in [3.8, 4) is 0 Å². The van der Waals surface area contributed by atoms with Crippen LogP contribution < -0.4 is 0 Å². The first-order valence-electron chi connectivity index (χ1n) is 5.37. The molecule has 0 aliphatic rings. The van der Waals surface area contributed by atoms with Crippen LogP contribution >= 0.6 is 0 Å². The number of rotatable bonds is 6. The lowest BCUT2D eigenvalue weighted by Crippen LogP contribution is -2.43. The Balaban J connectivity index is 3.83. The summed E-state index contributed by atoms with van der Waals surface area (Å²) in [5.74, 6) is 0.935. The highest BCUT2D eigenvalue weighted by Gasteiger charge is 2.17. The van der Waals surface area contributed by atoms with Gasteiger partial charge in [-0.15, -0.1) is 0 Å². The average Bonchev–Trinajstić information content (AvgIpc) is 2.03. The Bertz CT molecular complexity index is 108. The maximum absolute atomic E-state index is 2.33. The second-order valence-electron chi connectivity index (χ2n) is 4.50. The Morgan fingerprint density at radius 1 is 1.08 bits per heavy atom. The third kappa shape index (κ3) is 4.76. The van der Waals surface area contributed by atoms with Crippen LogP contribution in [-0.2, 0) is 0 Å². The highest BCUT2D eigenvalue weighted by atomic mass is 15.3. The van der Waals surface area contributed by atoms with Crippen LogP contribution in [0.2, 0.25) is 0 Å². The Morgan fingerprint density at radius 2 is 1.67 bits per heavy atom. The van der Waals surface area contributed by atoms with Crippen molar-refractivity contribution in [2.24, 2.45) is 5.92 Å². The zero-order chi connectivity index (χ0) is 9.61. The fourth-order valence-electron chi connectivity index (χ4n) is 1.66. The van der Waals surface area contributed by atoms with Crippen molar-refractivity contribution in [3.05, 3.63) is 0 Å². The van der Waals surface area contributed by atoms with Crippen LogP contribution in [0.25, 0.3) is 0 Å². The van der Waals surface area contributed by atoms with E-state index >= 15 is 0 Å². The van der Waals surface area contributed by atoms with E-state index in [9.17, 15) is 0 Å². The minimum Gasteiger partial charge on any atom is -0.328 e. The van der Waals surface area contributed by atoms with Crippen molar-refractivity contribution in [2.75, 3.05) is 27.2 Å². The van der Waals surface area contributed by atoms with Gasteiger partial charge in [0.25, 0.3) is 0 Å². The van der Waals surface area contributed by atoms with E-state index in [1.54, 1.807) is 0 Å². The van der Waals surface area contributed by atoms with Crippen molar-refractivity contribution in [3.63, 3.8) is 0 Å². The molecule has 0 saturated carbocycles. The largest absolute Gasteiger partial charge is 0.328 e. The molecule has 0 fully saturated rings. The normalized spacial score (nSPS) is 14.8. The number of nitrogens with zero attached hydrogens (tertiary/aromatic N) is 1. The van der Waals surface area contributed by atoms with Crippen LogP contribution in [0.4, 0.5) is 0 Å². The minimum absolute atomic E-state index is 0.935. The smallest absolute Gasteiger partial charge is 0.0810 e. The second kappa shape index (κ2) is 5.58. The van der Waals surface area contributed by atoms with Crippen LogP contribution in [0.3, 0.4) is 0 Å². The maximum Gasteiger partial charge on any atom is 0.0810 e. The van der Waals surface area contributed by atoms with E-state index in [4.69, 9.17) is 0 Å². The van der Waals surface area contributed by atoms with E-state index in [1.165, 1.54) is 36.8 Å². The molecule has 1 heteroatoms. The monoisotopic (exact) mass is 172 g/mol. The summed E-state index contributed by atoms with van der Waals surface area (Å²) < 4.78 is 1.18. The quantitative estimate of drug-likeness (QED) is 0.540. The van der Waals surface area contributed by atoms with E-state index < -0.39 is 0 Å². The molecule has 0 aliphatic carbocycles. The van der Waals surface area contributed by atoms with Gasteiger partial charge in [0.15, 0.2) is 0 Å². The summed E-state index contributed by atoms with van der Waals surface area (Å²) in [4.78, 5) is 0. The maximum atomic E-state index is 2.33. The molecular weight excluding hydrogens is 146 g/mol. The third-order valence-electron chi connectivity index (χ3n) is 2.88. The lowest BCUT2D eigenvalue weighted by atomic mass is 9.99. The molecule has 0 amide bonds. The van der Waals surface area contributed by atoms with Crippen molar-refractivity contribution < 1.29 is 4.48 Å². The van der Waals surface area contributed by atoms with Gasteiger partial charge in [0, 0.05) is 5.92 Å². The van der Waals surface area contributed by atoms with Crippen LogP contribution in [0, 0.1) is 5.92 Å². The molecule has 0 aromatic rings. The Morgan fingerprint density at radius 3 is 2.00 bits per heavy atom. The van der Waals surface area contributed by atoms with Crippen molar-refractivity contribution >= 4 is 0 Å². The van der Waals surface area contributed by atoms with Gasteiger partial charge in [-0.05, 0) is 19.8 Å². The predicted octanol–water partition coefficient (Wildman–Crippen LogP) is 2.91. The number of quaternary nitrogens is 1. The summed E-state index contributed by atoms with van der Waals surface area (Å²) in [6, 6.07) is 0.